The van der Waals surface area contributed by atoms with Crippen LogP contribution in [0.15, 0.2) is 48.5 Å². The van der Waals surface area contributed by atoms with Crippen molar-refractivity contribution in [2.24, 2.45) is 0 Å². The maximum Gasteiger partial charge on any atom is 0.251 e. The molecule has 0 bridgehead atoms. The van der Waals surface area contributed by atoms with Crippen LogP contribution in [-0.2, 0) is 11.3 Å². The van der Waals surface area contributed by atoms with Gasteiger partial charge in [0.25, 0.3) is 5.91 Å². The van der Waals surface area contributed by atoms with E-state index < -0.39 is 0 Å². The molecule has 2 amide bonds. The molecule has 0 aliphatic heterocycles. The quantitative estimate of drug-likeness (QED) is 0.711. The summed E-state index contributed by atoms with van der Waals surface area (Å²) in [5.74, 6) is -0.293. The van der Waals surface area contributed by atoms with Gasteiger partial charge in [0.2, 0.25) is 5.91 Å². The molecule has 3 N–H and O–H groups in total. The maximum atomic E-state index is 12.0. The summed E-state index contributed by atoms with van der Waals surface area (Å²) in [6.45, 7) is 4.30. The molecule has 0 atom stereocenters. The number of anilines is 1. The van der Waals surface area contributed by atoms with Crippen molar-refractivity contribution in [3.8, 4) is 0 Å². The Balaban J connectivity index is 1.85. The standard InChI is InChI=1S/C19H22ClN3O2/c1-13(2)23-19(25)14-7-5-8-16(10-14)21-12-18(24)22-11-15-6-3-4-9-17(15)20/h3-10,13,21H,11-12H2,1-2H3,(H,22,24)(H,23,25). The van der Waals surface area contributed by atoms with E-state index in [-0.39, 0.29) is 24.4 Å². The van der Waals surface area contributed by atoms with Crippen LogP contribution in [0.2, 0.25) is 5.02 Å². The first-order chi connectivity index (χ1) is 12.0. The third-order valence-electron chi connectivity index (χ3n) is 3.43. The third-order valence-corrected chi connectivity index (χ3v) is 3.80. The number of benzene rings is 2. The van der Waals surface area contributed by atoms with Gasteiger partial charge in [0.15, 0.2) is 0 Å². The largest absolute Gasteiger partial charge is 0.376 e. The molecule has 0 aliphatic carbocycles. The van der Waals surface area contributed by atoms with E-state index in [2.05, 4.69) is 16.0 Å². The van der Waals surface area contributed by atoms with Gasteiger partial charge in [-0.3, -0.25) is 9.59 Å². The van der Waals surface area contributed by atoms with Gasteiger partial charge < -0.3 is 16.0 Å². The van der Waals surface area contributed by atoms with Crippen molar-refractivity contribution < 1.29 is 9.59 Å². The van der Waals surface area contributed by atoms with Gasteiger partial charge in [-0.05, 0) is 43.7 Å². The topological polar surface area (TPSA) is 70.2 Å². The van der Waals surface area contributed by atoms with Crippen LogP contribution in [0.3, 0.4) is 0 Å². The number of hydrogen-bond donors (Lipinski definition) is 3. The highest BCUT2D eigenvalue weighted by atomic mass is 35.5. The van der Waals surface area contributed by atoms with Crippen molar-refractivity contribution in [1.82, 2.24) is 10.6 Å². The SMILES string of the molecule is CC(C)NC(=O)c1cccc(NCC(=O)NCc2ccccc2Cl)c1. The molecule has 5 nitrogen and oxygen atoms in total. The van der Waals surface area contributed by atoms with E-state index in [0.29, 0.717) is 22.8 Å². The maximum absolute atomic E-state index is 12.0. The fourth-order valence-electron chi connectivity index (χ4n) is 2.20. The third kappa shape index (κ3) is 6.12. The highest BCUT2D eigenvalue weighted by Gasteiger charge is 2.08. The van der Waals surface area contributed by atoms with Crippen molar-refractivity contribution in [3.05, 3.63) is 64.7 Å². The molecule has 2 rings (SSSR count). The number of carbonyl (C=O) groups is 2. The average Bonchev–Trinajstić information content (AvgIpc) is 2.59. The Morgan fingerprint density at radius 2 is 1.84 bits per heavy atom. The molecule has 0 saturated carbocycles. The van der Waals surface area contributed by atoms with Gasteiger partial charge in [-0.2, -0.15) is 0 Å². The van der Waals surface area contributed by atoms with Gasteiger partial charge in [-0.25, -0.2) is 0 Å². The number of hydrogen-bond acceptors (Lipinski definition) is 3. The lowest BCUT2D eigenvalue weighted by Crippen LogP contribution is -2.30. The van der Waals surface area contributed by atoms with Crippen molar-refractivity contribution >= 4 is 29.1 Å². The minimum absolute atomic E-state index is 0.0692. The van der Waals surface area contributed by atoms with Crippen LogP contribution in [-0.4, -0.2) is 24.4 Å². The zero-order chi connectivity index (χ0) is 18.2. The van der Waals surface area contributed by atoms with E-state index in [0.717, 1.165) is 5.56 Å². The molecule has 0 aliphatic rings. The second kappa shape index (κ2) is 9.08. The second-order valence-electron chi connectivity index (χ2n) is 5.93. The second-order valence-corrected chi connectivity index (χ2v) is 6.34. The Morgan fingerprint density at radius 1 is 1.08 bits per heavy atom. The Hall–Kier alpha value is -2.53. The van der Waals surface area contributed by atoms with Gasteiger partial charge in [0.1, 0.15) is 0 Å². The van der Waals surface area contributed by atoms with E-state index in [1.54, 1.807) is 24.3 Å². The van der Waals surface area contributed by atoms with Crippen molar-refractivity contribution in [3.63, 3.8) is 0 Å². The summed E-state index contributed by atoms with van der Waals surface area (Å²) in [4.78, 5) is 24.0. The summed E-state index contributed by atoms with van der Waals surface area (Å²) < 4.78 is 0. The van der Waals surface area contributed by atoms with Crippen molar-refractivity contribution in [1.29, 1.82) is 0 Å². The van der Waals surface area contributed by atoms with Crippen molar-refractivity contribution in [2.75, 3.05) is 11.9 Å². The molecular weight excluding hydrogens is 338 g/mol. The lowest BCUT2D eigenvalue weighted by atomic mass is 10.1. The van der Waals surface area contributed by atoms with E-state index in [9.17, 15) is 9.59 Å². The predicted molar refractivity (Wildman–Crippen MR) is 101 cm³/mol. The molecule has 25 heavy (non-hydrogen) atoms. The molecule has 2 aromatic carbocycles. The van der Waals surface area contributed by atoms with E-state index in [1.165, 1.54) is 0 Å². The van der Waals surface area contributed by atoms with Crippen LogP contribution in [0.4, 0.5) is 5.69 Å². The van der Waals surface area contributed by atoms with Gasteiger partial charge in [-0.15, -0.1) is 0 Å². The molecule has 0 aromatic heterocycles. The Morgan fingerprint density at radius 3 is 2.56 bits per heavy atom. The Kier molecular flexibility index (Phi) is 6.83. The molecule has 132 valence electrons. The fourth-order valence-corrected chi connectivity index (χ4v) is 2.40. The number of amides is 2. The molecule has 0 heterocycles. The Bertz CT molecular complexity index is 747. The van der Waals surface area contributed by atoms with E-state index >= 15 is 0 Å². The number of halogens is 1. The summed E-state index contributed by atoms with van der Waals surface area (Å²) in [6.07, 6.45) is 0. The molecule has 2 aromatic rings. The lowest BCUT2D eigenvalue weighted by Gasteiger charge is -2.11. The normalized spacial score (nSPS) is 10.4. The molecule has 0 radical (unpaired) electrons. The molecule has 0 unspecified atom stereocenters. The molecule has 0 fully saturated rings. The molecule has 0 spiro atoms. The van der Waals surface area contributed by atoms with Crippen LogP contribution in [0.5, 0.6) is 0 Å². The van der Waals surface area contributed by atoms with Crippen LogP contribution >= 0.6 is 11.6 Å². The smallest absolute Gasteiger partial charge is 0.251 e. The van der Waals surface area contributed by atoms with Gasteiger partial charge in [0.05, 0.1) is 6.54 Å². The molecule has 6 heteroatoms. The number of carbonyl (C=O) groups excluding carboxylic acids is 2. The fraction of sp³-hybridized carbons (Fsp3) is 0.263. The summed E-state index contributed by atoms with van der Waals surface area (Å²) in [6, 6.07) is 14.5. The predicted octanol–water partition coefficient (Wildman–Crippen LogP) is 3.21. The minimum atomic E-state index is -0.156. The first-order valence-electron chi connectivity index (χ1n) is 8.10. The van der Waals surface area contributed by atoms with Gasteiger partial charge in [0, 0.05) is 28.9 Å². The number of rotatable bonds is 7. The number of nitrogens with one attached hydrogen (secondary N) is 3. The zero-order valence-corrected chi connectivity index (χ0v) is 15.1. The van der Waals surface area contributed by atoms with Crippen LogP contribution in [0.25, 0.3) is 0 Å². The molecule has 0 saturated heterocycles. The van der Waals surface area contributed by atoms with Gasteiger partial charge in [-0.1, -0.05) is 35.9 Å². The first-order valence-corrected chi connectivity index (χ1v) is 8.48. The highest BCUT2D eigenvalue weighted by Crippen LogP contribution is 2.14. The van der Waals surface area contributed by atoms with E-state index in [4.69, 9.17) is 11.6 Å². The monoisotopic (exact) mass is 359 g/mol. The first kappa shape index (κ1) is 18.8. The summed E-state index contributed by atoms with van der Waals surface area (Å²) in [5, 5.41) is 9.29. The highest BCUT2D eigenvalue weighted by molar-refractivity contribution is 6.31. The zero-order valence-electron chi connectivity index (χ0n) is 14.3. The van der Waals surface area contributed by atoms with Crippen molar-refractivity contribution in [2.45, 2.75) is 26.4 Å². The van der Waals surface area contributed by atoms with Crippen LogP contribution in [0.1, 0.15) is 29.8 Å². The van der Waals surface area contributed by atoms with Gasteiger partial charge >= 0.3 is 0 Å². The molecular formula is C19H22ClN3O2. The minimum Gasteiger partial charge on any atom is -0.376 e. The summed E-state index contributed by atoms with van der Waals surface area (Å²) in [7, 11) is 0. The van der Waals surface area contributed by atoms with Crippen LogP contribution < -0.4 is 16.0 Å². The Labute approximate surface area is 152 Å². The summed E-state index contributed by atoms with van der Waals surface area (Å²) >= 11 is 6.06. The van der Waals surface area contributed by atoms with E-state index in [1.807, 2.05) is 38.1 Å². The lowest BCUT2D eigenvalue weighted by molar-refractivity contribution is -0.119. The van der Waals surface area contributed by atoms with Crippen LogP contribution in [0, 0.1) is 0 Å². The summed E-state index contributed by atoms with van der Waals surface area (Å²) in [5.41, 5.74) is 2.13. The average molecular weight is 360 g/mol.